The van der Waals surface area contributed by atoms with Crippen molar-refractivity contribution in [3.8, 4) is 0 Å². The number of esters is 1. The fourth-order valence-electron chi connectivity index (χ4n) is 3.59. The lowest BCUT2D eigenvalue weighted by atomic mass is 10.1. The summed E-state index contributed by atoms with van der Waals surface area (Å²) in [5.41, 5.74) is 2.72. The molecule has 9 heteroatoms. The molecule has 0 unspecified atom stereocenters. The molecule has 0 aliphatic carbocycles. The van der Waals surface area contributed by atoms with E-state index in [0.717, 1.165) is 38.7 Å². The summed E-state index contributed by atoms with van der Waals surface area (Å²) in [6.45, 7) is 2.01. The van der Waals surface area contributed by atoms with E-state index in [1.807, 2.05) is 47.2 Å². The van der Waals surface area contributed by atoms with Crippen LogP contribution < -0.4 is 0 Å². The molecule has 1 fully saturated rings. The fourth-order valence-corrected chi connectivity index (χ4v) is 4.81. The summed E-state index contributed by atoms with van der Waals surface area (Å²) in [7, 11) is 1.22. The van der Waals surface area contributed by atoms with Gasteiger partial charge in [-0.05, 0) is 48.5 Å². The minimum absolute atomic E-state index is 0.253. The average molecular weight is 489 g/mol. The molecule has 0 radical (unpaired) electrons. The van der Waals surface area contributed by atoms with Crippen molar-refractivity contribution in [2.45, 2.75) is 19.5 Å². The quantitative estimate of drug-likeness (QED) is 0.345. The van der Waals surface area contributed by atoms with Crippen molar-refractivity contribution in [1.29, 1.82) is 0 Å². The molecule has 2 heterocycles. The number of methoxy groups -OCH3 is 1. The normalized spacial score (nSPS) is 16.2. The Morgan fingerprint density at radius 3 is 2.62 bits per heavy atom. The van der Waals surface area contributed by atoms with Crippen LogP contribution in [0.2, 0.25) is 10.0 Å². The molecule has 0 spiro atoms. The first-order valence-electron chi connectivity index (χ1n) is 9.67. The van der Waals surface area contributed by atoms with Gasteiger partial charge in [-0.25, -0.2) is 4.79 Å². The first-order valence-corrected chi connectivity index (χ1v) is 11.2. The highest BCUT2D eigenvalue weighted by atomic mass is 35.5. The molecular formula is C23H18Cl2N2O4S. The summed E-state index contributed by atoms with van der Waals surface area (Å²) in [6.07, 6.45) is 3.60. The number of hydrogen-bond donors (Lipinski definition) is 0. The number of fused-ring (bicyclic) bond motifs is 1. The van der Waals surface area contributed by atoms with Crippen molar-refractivity contribution < 1.29 is 19.1 Å². The monoisotopic (exact) mass is 488 g/mol. The van der Waals surface area contributed by atoms with Gasteiger partial charge in [-0.15, -0.1) is 0 Å². The molecule has 1 aromatic heterocycles. The van der Waals surface area contributed by atoms with Gasteiger partial charge in [-0.1, -0.05) is 47.5 Å². The first-order chi connectivity index (χ1) is 15.3. The van der Waals surface area contributed by atoms with E-state index in [2.05, 4.69) is 4.74 Å². The Morgan fingerprint density at radius 1 is 1.16 bits per heavy atom. The summed E-state index contributed by atoms with van der Waals surface area (Å²) in [6, 6.07) is 12.3. The van der Waals surface area contributed by atoms with Crippen molar-refractivity contribution in [1.82, 2.24) is 9.47 Å². The Balaban J connectivity index is 1.70. The SMILES string of the molecule is COC(=O)[C@@H](C)N1C(=O)S/C(=C/c2cn(Cc3ccc(Cl)c(Cl)c3)c3ccccc23)C1=O. The highest BCUT2D eigenvalue weighted by Crippen LogP contribution is 2.35. The molecule has 6 nitrogen and oxygen atoms in total. The van der Waals surface area contributed by atoms with Crippen LogP contribution in [0.3, 0.4) is 0 Å². The highest BCUT2D eigenvalue weighted by Gasteiger charge is 2.41. The number of halogens is 2. The number of thioether (sulfide) groups is 1. The van der Waals surface area contributed by atoms with Gasteiger partial charge in [0.15, 0.2) is 0 Å². The second kappa shape index (κ2) is 9.02. The fraction of sp³-hybridized carbons (Fsp3) is 0.174. The van der Waals surface area contributed by atoms with Crippen LogP contribution in [0, 0.1) is 0 Å². The molecule has 0 N–H and O–H groups in total. The molecule has 4 rings (SSSR count). The summed E-state index contributed by atoms with van der Waals surface area (Å²) in [5, 5.41) is 1.40. The molecule has 3 aromatic rings. The molecule has 2 aromatic carbocycles. The first kappa shape index (κ1) is 22.5. The maximum absolute atomic E-state index is 12.9. The van der Waals surface area contributed by atoms with Gasteiger partial charge >= 0.3 is 5.97 Å². The Bertz CT molecular complexity index is 1280. The molecule has 1 atom stereocenters. The molecule has 0 saturated carbocycles. The van der Waals surface area contributed by atoms with Crippen LogP contribution >= 0.6 is 35.0 Å². The minimum Gasteiger partial charge on any atom is -0.467 e. The van der Waals surface area contributed by atoms with Crippen LogP contribution in [0.1, 0.15) is 18.1 Å². The molecule has 32 heavy (non-hydrogen) atoms. The number of carbonyl (C=O) groups excluding carboxylic acids is 3. The lowest BCUT2D eigenvalue weighted by Gasteiger charge is -2.18. The van der Waals surface area contributed by atoms with Crippen LogP contribution in [0.15, 0.2) is 53.6 Å². The van der Waals surface area contributed by atoms with E-state index in [9.17, 15) is 14.4 Å². The zero-order valence-corrected chi connectivity index (χ0v) is 19.5. The van der Waals surface area contributed by atoms with Crippen molar-refractivity contribution >= 4 is 69.1 Å². The number of hydrogen-bond acceptors (Lipinski definition) is 5. The van der Waals surface area contributed by atoms with Crippen molar-refractivity contribution in [2.75, 3.05) is 7.11 Å². The Morgan fingerprint density at radius 2 is 1.91 bits per heavy atom. The molecule has 1 saturated heterocycles. The number of nitrogens with zero attached hydrogens (tertiary/aromatic N) is 2. The van der Waals surface area contributed by atoms with E-state index in [1.165, 1.54) is 14.0 Å². The zero-order valence-electron chi connectivity index (χ0n) is 17.2. The molecule has 1 aliphatic heterocycles. The number of para-hydroxylation sites is 1. The second-order valence-electron chi connectivity index (χ2n) is 7.23. The van der Waals surface area contributed by atoms with Gasteiger partial charge in [0, 0.05) is 29.2 Å². The van der Waals surface area contributed by atoms with Crippen LogP contribution in [-0.4, -0.2) is 39.7 Å². The van der Waals surface area contributed by atoms with Crippen molar-refractivity contribution in [3.05, 3.63) is 74.7 Å². The predicted octanol–water partition coefficient (Wildman–Crippen LogP) is 5.59. The summed E-state index contributed by atoms with van der Waals surface area (Å²) in [5.74, 6) is -1.16. The lowest BCUT2D eigenvalue weighted by molar-refractivity contribution is -0.148. The third kappa shape index (κ3) is 4.16. The van der Waals surface area contributed by atoms with Crippen molar-refractivity contribution in [2.24, 2.45) is 0 Å². The molecule has 0 bridgehead atoms. The number of carbonyl (C=O) groups is 3. The van der Waals surface area contributed by atoms with Crippen molar-refractivity contribution in [3.63, 3.8) is 0 Å². The third-order valence-electron chi connectivity index (χ3n) is 5.20. The third-order valence-corrected chi connectivity index (χ3v) is 6.82. The van der Waals surface area contributed by atoms with Gasteiger partial charge < -0.3 is 9.30 Å². The largest absolute Gasteiger partial charge is 0.467 e. The Hall–Kier alpha value is -2.74. The Labute approximate surface area is 198 Å². The standard InChI is InChI=1S/C23H18Cl2N2O4S/c1-13(22(29)31-2)27-21(28)20(32-23(27)30)10-15-12-26(19-6-4-3-5-16(15)19)11-14-7-8-17(24)18(25)9-14/h3-10,12-13H,11H2,1-2H3/b20-10+/t13-/m1/s1. The molecular weight excluding hydrogens is 471 g/mol. The van der Waals surface area contributed by atoms with Gasteiger partial charge in [0.1, 0.15) is 6.04 Å². The van der Waals surface area contributed by atoms with Gasteiger partial charge in [0.05, 0.1) is 22.1 Å². The summed E-state index contributed by atoms with van der Waals surface area (Å²) in [4.78, 5) is 38.3. The lowest BCUT2D eigenvalue weighted by Crippen LogP contribution is -2.42. The van der Waals surface area contributed by atoms with Crippen LogP contribution in [0.4, 0.5) is 4.79 Å². The number of amides is 2. The average Bonchev–Trinajstić information content (AvgIpc) is 3.26. The summed E-state index contributed by atoms with van der Waals surface area (Å²) >= 11 is 13.0. The van der Waals surface area contributed by atoms with E-state index in [1.54, 1.807) is 12.1 Å². The number of ether oxygens (including phenoxy) is 1. The number of imide groups is 1. The van der Waals surface area contributed by atoms with Crippen LogP contribution in [0.5, 0.6) is 0 Å². The zero-order chi connectivity index (χ0) is 23.0. The van der Waals surface area contributed by atoms with Gasteiger partial charge in [-0.3, -0.25) is 14.5 Å². The maximum atomic E-state index is 12.9. The highest BCUT2D eigenvalue weighted by molar-refractivity contribution is 8.18. The van der Waals surface area contributed by atoms with E-state index in [-0.39, 0.29) is 4.91 Å². The Kier molecular flexibility index (Phi) is 6.33. The van der Waals surface area contributed by atoms with E-state index in [0.29, 0.717) is 16.6 Å². The number of rotatable bonds is 5. The number of benzene rings is 2. The van der Waals surface area contributed by atoms with Gasteiger partial charge in [0.25, 0.3) is 11.1 Å². The van der Waals surface area contributed by atoms with E-state index < -0.39 is 23.2 Å². The van der Waals surface area contributed by atoms with Gasteiger partial charge in [-0.2, -0.15) is 0 Å². The number of aromatic nitrogens is 1. The molecule has 1 aliphatic rings. The second-order valence-corrected chi connectivity index (χ2v) is 9.04. The van der Waals surface area contributed by atoms with Crippen LogP contribution in [-0.2, 0) is 20.9 Å². The molecule has 2 amide bonds. The predicted molar refractivity (Wildman–Crippen MR) is 127 cm³/mol. The molecule has 164 valence electrons. The van der Waals surface area contributed by atoms with Gasteiger partial charge in [0.2, 0.25) is 0 Å². The summed E-state index contributed by atoms with van der Waals surface area (Å²) < 4.78 is 6.72. The topological polar surface area (TPSA) is 68.6 Å². The van der Waals surface area contributed by atoms with Crippen LogP contribution in [0.25, 0.3) is 17.0 Å². The maximum Gasteiger partial charge on any atom is 0.328 e. The van der Waals surface area contributed by atoms with E-state index in [4.69, 9.17) is 23.2 Å². The smallest absolute Gasteiger partial charge is 0.328 e. The minimum atomic E-state index is -0.991. The van der Waals surface area contributed by atoms with E-state index >= 15 is 0 Å².